The molecule has 156 valence electrons. The van der Waals surface area contributed by atoms with Gasteiger partial charge in [-0.15, -0.1) is 0 Å². The zero-order valence-electron chi connectivity index (χ0n) is 17.4. The number of rotatable bonds is 5. The number of hydrogen-bond donors (Lipinski definition) is 1. The zero-order chi connectivity index (χ0) is 20.8. The van der Waals surface area contributed by atoms with Gasteiger partial charge in [0.2, 0.25) is 5.91 Å². The van der Waals surface area contributed by atoms with Crippen LogP contribution in [0.1, 0.15) is 45.1 Å². The number of carbonyl (C=O) groups is 2. The Morgan fingerprint density at radius 2 is 1.90 bits per heavy atom. The Morgan fingerprint density at radius 3 is 2.62 bits per heavy atom. The predicted octanol–water partition coefficient (Wildman–Crippen LogP) is 3.49. The predicted molar refractivity (Wildman–Crippen MR) is 110 cm³/mol. The zero-order valence-corrected chi connectivity index (χ0v) is 17.4. The Hall–Kier alpha value is -2.76. The summed E-state index contributed by atoms with van der Waals surface area (Å²) in [7, 11) is 1.33. The van der Waals surface area contributed by atoms with Crippen LogP contribution in [-0.4, -0.2) is 38.2 Å². The summed E-state index contributed by atoms with van der Waals surface area (Å²) in [6.45, 7) is 4.85. The molecular weight excluding hydrogens is 370 g/mol. The van der Waals surface area contributed by atoms with Crippen molar-refractivity contribution in [3.8, 4) is 11.5 Å². The molecule has 6 nitrogen and oxygen atoms in total. The van der Waals surface area contributed by atoms with Crippen molar-refractivity contribution < 1.29 is 23.8 Å². The molecule has 0 aromatic heterocycles. The highest BCUT2D eigenvalue weighted by molar-refractivity contribution is 5.97. The fourth-order valence-electron chi connectivity index (χ4n) is 3.87. The van der Waals surface area contributed by atoms with Crippen molar-refractivity contribution in [2.45, 2.75) is 52.0 Å². The van der Waals surface area contributed by atoms with Gasteiger partial charge in [0.1, 0.15) is 19.3 Å². The first-order valence-electron chi connectivity index (χ1n) is 10.2. The van der Waals surface area contributed by atoms with Crippen molar-refractivity contribution >= 4 is 11.9 Å². The lowest BCUT2D eigenvalue weighted by molar-refractivity contribution is -0.144. The van der Waals surface area contributed by atoms with Crippen LogP contribution in [0.15, 0.2) is 41.0 Å². The number of fused-ring (bicyclic) bond motifs is 1. The largest absolute Gasteiger partial charge is 0.486 e. The maximum absolute atomic E-state index is 12.9. The molecule has 1 saturated carbocycles. The summed E-state index contributed by atoms with van der Waals surface area (Å²) in [5.41, 5.74) is 3.86. The van der Waals surface area contributed by atoms with Crippen LogP contribution in [0.5, 0.6) is 11.5 Å². The molecule has 1 fully saturated rings. The third kappa shape index (κ3) is 5.00. The number of esters is 1. The first-order chi connectivity index (χ1) is 14.0. The summed E-state index contributed by atoms with van der Waals surface area (Å²) >= 11 is 0. The lowest BCUT2D eigenvalue weighted by Gasteiger charge is -2.23. The topological polar surface area (TPSA) is 73.9 Å². The third-order valence-corrected chi connectivity index (χ3v) is 5.49. The average molecular weight is 399 g/mol. The number of benzene rings is 1. The molecule has 1 aromatic rings. The van der Waals surface area contributed by atoms with Gasteiger partial charge in [0.05, 0.1) is 7.11 Å². The number of amides is 1. The lowest BCUT2D eigenvalue weighted by Crippen LogP contribution is -2.43. The molecule has 6 heteroatoms. The molecule has 29 heavy (non-hydrogen) atoms. The van der Waals surface area contributed by atoms with E-state index in [1.54, 1.807) is 0 Å². The van der Waals surface area contributed by atoms with E-state index in [0.29, 0.717) is 36.7 Å². The van der Waals surface area contributed by atoms with E-state index in [1.165, 1.54) is 12.7 Å². The molecule has 1 aliphatic heterocycles. The lowest BCUT2D eigenvalue weighted by atomic mass is 9.86. The van der Waals surface area contributed by atoms with E-state index in [0.717, 1.165) is 36.8 Å². The summed E-state index contributed by atoms with van der Waals surface area (Å²) in [6.07, 6.45) is 6.51. The molecule has 1 aromatic carbocycles. The first kappa shape index (κ1) is 21.0. The fourth-order valence-corrected chi connectivity index (χ4v) is 3.87. The molecule has 0 bridgehead atoms. The summed E-state index contributed by atoms with van der Waals surface area (Å²) in [4.78, 5) is 25.2. The van der Waals surface area contributed by atoms with Gasteiger partial charge in [0.25, 0.3) is 0 Å². The van der Waals surface area contributed by atoms with Crippen molar-refractivity contribution in [1.29, 1.82) is 0 Å². The van der Waals surface area contributed by atoms with Crippen LogP contribution >= 0.6 is 0 Å². The van der Waals surface area contributed by atoms with Gasteiger partial charge in [-0.25, -0.2) is 4.79 Å². The highest BCUT2D eigenvalue weighted by Gasteiger charge is 2.25. The summed E-state index contributed by atoms with van der Waals surface area (Å²) < 4.78 is 16.1. The van der Waals surface area contributed by atoms with Crippen LogP contribution in [0.25, 0.3) is 0 Å². The monoisotopic (exact) mass is 399 g/mol. The Labute approximate surface area is 171 Å². The SMILES string of the molecule is C/C=C1/CCCC/C1=C(/C)C(=O)N[C@@H](Cc1ccc2c(c1)OCCO2)C(=O)OC. The summed E-state index contributed by atoms with van der Waals surface area (Å²) in [6, 6.07) is 4.78. The molecule has 0 spiro atoms. The normalized spacial score (nSPS) is 20.0. The van der Waals surface area contributed by atoms with E-state index >= 15 is 0 Å². The van der Waals surface area contributed by atoms with E-state index in [1.807, 2.05) is 32.0 Å². The van der Waals surface area contributed by atoms with E-state index in [2.05, 4.69) is 11.4 Å². The number of allylic oxidation sites excluding steroid dienone is 3. The number of carbonyl (C=O) groups excluding carboxylic acids is 2. The van der Waals surface area contributed by atoms with Crippen LogP contribution in [0.3, 0.4) is 0 Å². The molecular formula is C23H29NO5. The molecule has 1 heterocycles. The molecule has 0 radical (unpaired) electrons. The minimum absolute atomic E-state index is 0.228. The number of ether oxygens (including phenoxy) is 3. The maximum atomic E-state index is 12.9. The van der Waals surface area contributed by atoms with Crippen molar-refractivity contribution in [2.75, 3.05) is 20.3 Å². The maximum Gasteiger partial charge on any atom is 0.328 e. The highest BCUT2D eigenvalue weighted by atomic mass is 16.6. The van der Waals surface area contributed by atoms with E-state index < -0.39 is 12.0 Å². The molecule has 1 atom stereocenters. The summed E-state index contributed by atoms with van der Waals surface area (Å²) in [5, 5.41) is 2.87. The standard InChI is InChI=1S/C23H29NO5/c1-4-17-7-5-6-8-18(17)15(2)22(25)24-19(23(26)27-3)13-16-9-10-20-21(14-16)29-12-11-28-20/h4,9-10,14,19H,5-8,11-13H2,1-3H3,(H,24,25)/b17-4-,18-15+/t19-/m0/s1. The molecule has 0 saturated heterocycles. The third-order valence-electron chi connectivity index (χ3n) is 5.49. The minimum atomic E-state index is -0.775. The second-order valence-corrected chi connectivity index (χ2v) is 7.36. The average Bonchev–Trinajstić information content (AvgIpc) is 2.77. The molecule has 3 rings (SSSR count). The van der Waals surface area contributed by atoms with Gasteiger partial charge >= 0.3 is 5.97 Å². The van der Waals surface area contributed by atoms with Gasteiger partial charge in [-0.2, -0.15) is 0 Å². The number of methoxy groups -OCH3 is 1. The number of hydrogen-bond acceptors (Lipinski definition) is 5. The van der Waals surface area contributed by atoms with Crippen molar-refractivity contribution in [1.82, 2.24) is 5.32 Å². The highest BCUT2D eigenvalue weighted by Crippen LogP contribution is 2.32. The molecule has 2 aliphatic rings. The molecule has 1 amide bonds. The first-order valence-corrected chi connectivity index (χ1v) is 10.2. The number of nitrogens with one attached hydrogen (secondary N) is 1. The van der Waals surface area contributed by atoms with Gasteiger partial charge in [0.15, 0.2) is 11.5 Å². The fraction of sp³-hybridized carbons (Fsp3) is 0.478. The van der Waals surface area contributed by atoms with Crippen LogP contribution in [0.2, 0.25) is 0 Å². The second-order valence-electron chi connectivity index (χ2n) is 7.36. The van der Waals surface area contributed by atoms with Crippen LogP contribution < -0.4 is 14.8 Å². The Morgan fingerprint density at radius 1 is 1.17 bits per heavy atom. The smallest absolute Gasteiger partial charge is 0.328 e. The van der Waals surface area contributed by atoms with E-state index in [9.17, 15) is 9.59 Å². The van der Waals surface area contributed by atoms with Crippen LogP contribution in [-0.2, 0) is 20.7 Å². The van der Waals surface area contributed by atoms with Crippen molar-refractivity contribution in [3.05, 3.63) is 46.6 Å². The molecule has 1 N–H and O–H groups in total. The second kappa shape index (κ2) is 9.63. The minimum Gasteiger partial charge on any atom is -0.486 e. The molecule has 0 unspecified atom stereocenters. The van der Waals surface area contributed by atoms with Gasteiger partial charge in [-0.1, -0.05) is 12.1 Å². The van der Waals surface area contributed by atoms with Gasteiger partial charge in [-0.3, -0.25) is 4.79 Å². The van der Waals surface area contributed by atoms with Gasteiger partial charge in [0, 0.05) is 12.0 Å². The van der Waals surface area contributed by atoms with Gasteiger partial charge < -0.3 is 19.5 Å². The Kier molecular flexibility index (Phi) is 6.96. The van der Waals surface area contributed by atoms with Crippen LogP contribution in [0, 0.1) is 0 Å². The van der Waals surface area contributed by atoms with Crippen molar-refractivity contribution in [2.24, 2.45) is 0 Å². The molecule has 1 aliphatic carbocycles. The van der Waals surface area contributed by atoms with E-state index in [4.69, 9.17) is 14.2 Å². The van der Waals surface area contributed by atoms with Crippen molar-refractivity contribution in [3.63, 3.8) is 0 Å². The summed E-state index contributed by atoms with van der Waals surface area (Å²) in [5.74, 6) is 0.646. The van der Waals surface area contributed by atoms with Crippen LogP contribution in [0.4, 0.5) is 0 Å². The Balaban J connectivity index is 1.77. The Bertz CT molecular complexity index is 840. The van der Waals surface area contributed by atoms with Gasteiger partial charge in [-0.05, 0) is 68.4 Å². The quantitative estimate of drug-likeness (QED) is 0.606. The van der Waals surface area contributed by atoms with E-state index in [-0.39, 0.29) is 5.91 Å².